The minimum atomic E-state index is 0.0821. The first-order valence-electron chi connectivity index (χ1n) is 7.90. The Morgan fingerprint density at radius 2 is 1.81 bits per heavy atom. The molecule has 1 N–H and O–H groups in total. The average Bonchev–Trinajstić information content (AvgIpc) is 2.50. The van der Waals surface area contributed by atoms with Crippen LogP contribution in [-0.2, 0) is 11.2 Å². The molecule has 118 valence electrons. The maximum absolute atomic E-state index is 11.9. The largest absolute Gasteiger partial charge is 0.494 e. The third kappa shape index (κ3) is 7.14. The fraction of sp³-hybridized carbons (Fsp3) is 0.588. The number of carbonyl (C=O) groups is 1. The number of hydrogen-bond donors (Lipinski definition) is 1. The second kappa shape index (κ2) is 10.2. The van der Waals surface area contributed by atoms with Crippen molar-refractivity contribution >= 4 is 5.91 Å². The number of rotatable bonds is 10. The van der Waals surface area contributed by atoms with Crippen molar-refractivity contribution in [3.8, 4) is 5.75 Å². The summed E-state index contributed by atoms with van der Waals surface area (Å²) >= 11 is 0. The van der Waals surface area contributed by atoms with Gasteiger partial charge in [-0.25, -0.2) is 0 Å². The van der Waals surface area contributed by atoms with Crippen LogP contribution in [0.1, 0.15) is 32.8 Å². The van der Waals surface area contributed by atoms with Gasteiger partial charge in [0, 0.05) is 6.54 Å². The highest BCUT2D eigenvalue weighted by Gasteiger charge is 2.04. The number of nitrogens with one attached hydrogen (secondary N) is 1. The molecule has 4 heteroatoms. The van der Waals surface area contributed by atoms with E-state index in [4.69, 9.17) is 4.74 Å². The third-order valence-electron chi connectivity index (χ3n) is 3.47. The Bertz CT molecular complexity index is 400. The Hall–Kier alpha value is -1.55. The van der Waals surface area contributed by atoms with Crippen LogP contribution in [0.15, 0.2) is 24.3 Å². The zero-order chi connectivity index (χ0) is 15.5. The fourth-order valence-electron chi connectivity index (χ4n) is 2.19. The van der Waals surface area contributed by atoms with Gasteiger partial charge in [-0.3, -0.25) is 4.79 Å². The molecule has 21 heavy (non-hydrogen) atoms. The van der Waals surface area contributed by atoms with Gasteiger partial charge in [-0.1, -0.05) is 26.0 Å². The lowest BCUT2D eigenvalue weighted by molar-refractivity contribution is -0.120. The van der Waals surface area contributed by atoms with Gasteiger partial charge < -0.3 is 15.0 Å². The average molecular weight is 292 g/mol. The molecular formula is C17H28N2O2. The van der Waals surface area contributed by atoms with E-state index in [1.807, 2.05) is 31.2 Å². The highest BCUT2D eigenvalue weighted by Crippen LogP contribution is 2.12. The van der Waals surface area contributed by atoms with E-state index in [1.54, 1.807) is 0 Å². The summed E-state index contributed by atoms with van der Waals surface area (Å²) in [4.78, 5) is 14.2. The molecule has 1 amide bonds. The first-order valence-corrected chi connectivity index (χ1v) is 7.90. The molecule has 0 aliphatic rings. The molecule has 0 unspecified atom stereocenters. The highest BCUT2D eigenvalue weighted by atomic mass is 16.5. The van der Waals surface area contributed by atoms with Crippen molar-refractivity contribution in [3.05, 3.63) is 29.8 Å². The van der Waals surface area contributed by atoms with Crippen LogP contribution in [0.4, 0.5) is 0 Å². The Labute approximate surface area is 128 Å². The number of hydrogen-bond acceptors (Lipinski definition) is 3. The zero-order valence-corrected chi connectivity index (χ0v) is 13.5. The van der Waals surface area contributed by atoms with E-state index in [0.717, 1.165) is 43.9 Å². The molecular weight excluding hydrogens is 264 g/mol. The molecule has 0 saturated heterocycles. The lowest BCUT2D eigenvalue weighted by Crippen LogP contribution is -2.30. The molecule has 0 spiro atoms. The lowest BCUT2D eigenvalue weighted by Gasteiger charge is -2.17. The molecule has 0 aromatic heterocycles. The van der Waals surface area contributed by atoms with Crippen molar-refractivity contribution in [2.24, 2.45) is 0 Å². The molecule has 0 saturated carbocycles. The normalized spacial score (nSPS) is 10.7. The Morgan fingerprint density at radius 1 is 1.14 bits per heavy atom. The second-order valence-electron chi connectivity index (χ2n) is 4.98. The van der Waals surface area contributed by atoms with Crippen LogP contribution in [0.5, 0.6) is 5.75 Å². The molecule has 0 aliphatic carbocycles. The van der Waals surface area contributed by atoms with Crippen molar-refractivity contribution in [1.29, 1.82) is 0 Å². The summed E-state index contributed by atoms with van der Waals surface area (Å²) < 4.78 is 5.38. The summed E-state index contributed by atoms with van der Waals surface area (Å²) in [7, 11) is 0. The van der Waals surface area contributed by atoms with Crippen LogP contribution in [0.2, 0.25) is 0 Å². The van der Waals surface area contributed by atoms with Crippen LogP contribution < -0.4 is 10.1 Å². The number of carbonyl (C=O) groups excluding carboxylic acids is 1. The molecule has 0 heterocycles. The Balaban J connectivity index is 2.24. The van der Waals surface area contributed by atoms with E-state index in [9.17, 15) is 4.79 Å². The predicted octanol–water partition coefficient (Wildman–Crippen LogP) is 2.48. The summed E-state index contributed by atoms with van der Waals surface area (Å²) in [6, 6.07) is 7.71. The van der Waals surface area contributed by atoms with Crippen molar-refractivity contribution < 1.29 is 9.53 Å². The van der Waals surface area contributed by atoms with Crippen LogP contribution >= 0.6 is 0 Å². The number of benzene rings is 1. The molecule has 1 rings (SSSR count). The number of nitrogens with zero attached hydrogens (tertiary/aromatic N) is 1. The summed E-state index contributed by atoms with van der Waals surface area (Å²) in [5.74, 6) is 0.930. The minimum absolute atomic E-state index is 0.0821. The van der Waals surface area contributed by atoms with Gasteiger partial charge in [-0.15, -0.1) is 0 Å². The van der Waals surface area contributed by atoms with Crippen molar-refractivity contribution in [2.45, 2.75) is 33.6 Å². The monoisotopic (exact) mass is 292 g/mol. The van der Waals surface area contributed by atoms with Gasteiger partial charge in [0.05, 0.1) is 13.0 Å². The van der Waals surface area contributed by atoms with Gasteiger partial charge in [0.1, 0.15) is 5.75 Å². The number of ether oxygens (including phenoxy) is 1. The van der Waals surface area contributed by atoms with Gasteiger partial charge in [-0.05, 0) is 50.7 Å². The molecule has 4 nitrogen and oxygen atoms in total. The predicted molar refractivity (Wildman–Crippen MR) is 86.7 cm³/mol. The number of amides is 1. The maximum atomic E-state index is 11.9. The molecule has 0 atom stereocenters. The topological polar surface area (TPSA) is 41.6 Å². The minimum Gasteiger partial charge on any atom is -0.494 e. The summed E-state index contributed by atoms with van der Waals surface area (Å²) in [5.41, 5.74) is 1.01. The van der Waals surface area contributed by atoms with E-state index < -0.39 is 0 Å². The highest BCUT2D eigenvalue weighted by molar-refractivity contribution is 5.78. The first kappa shape index (κ1) is 17.5. The second-order valence-corrected chi connectivity index (χ2v) is 4.98. The summed E-state index contributed by atoms with van der Waals surface area (Å²) in [6.07, 6.45) is 1.42. The standard InChI is InChI=1S/C17H28N2O2/c1-4-19(5-2)13-7-12-18-17(20)14-15-8-10-16(11-9-15)21-6-3/h8-11H,4-7,12-14H2,1-3H3,(H,18,20). The molecule has 0 radical (unpaired) electrons. The molecule has 1 aromatic carbocycles. The van der Waals surface area contributed by atoms with Gasteiger partial charge in [0.25, 0.3) is 0 Å². The lowest BCUT2D eigenvalue weighted by atomic mass is 10.1. The van der Waals surface area contributed by atoms with E-state index >= 15 is 0 Å². The van der Waals surface area contributed by atoms with Gasteiger partial charge in [0.15, 0.2) is 0 Å². The van der Waals surface area contributed by atoms with Crippen LogP contribution in [0, 0.1) is 0 Å². The van der Waals surface area contributed by atoms with E-state index in [1.165, 1.54) is 0 Å². The van der Waals surface area contributed by atoms with Gasteiger partial charge >= 0.3 is 0 Å². The molecule has 1 aromatic rings. The summed E-state index contributed by atoms with van der Waals surface area (Å²) in [5, 5.41) is 2.98. The zero-order valence-electron chi connectivity index (χ0n) is 13.5. The van der Waals surface area contributed by atoms with Crippen LogP contribution in [-0.4, -0.2) is 43.6 Å². The van der Waals surface area contributed by atoms with Gasteiger partial charge in [-0.2, -0.15) is 0 Å². The van der Waals surface area contributed by atoms with Gasteiger partial charge in [0.2, 0.25) is 5.91 Å². The van der Waals surface area contributed by atoms with Crippen molar-refractivity contribution in [2.75, 3.05) is 32.8 Å². The van der Waals surface area contributed by atoms with Crippen molar-refractivity contribution in [1.82, 2.24) is 10.2 Å². The molecule has 0 fully saturated rings. The molecule has 0 bridgehead atoms. The van der Waals surface area contributed by atoms with E-state index in [2.05, 4.69) is 24.1 Å². The Kier molecular flexibility index (Phi) is 8.51. The van der Waals surface area contributed by atoms with E-state index in [-0.39, 0.29) is 5.91 Å². The van der Waals surface area contributed by atoms with Crippen LogP contribution in [0.3, 0.4) is 0 Å². The Morgan fingerprint density at radius 3 is 2.38 bits per heavy atom. The summed E-state index contributed by atoms with van der Waals surface area (Å²) in [6.45, 7) is 10.9. The first-order chi connectivity index (χ1) is 10.2. The van der Waals surface area contributed by atoms with E-state index in [0.29, 0.717) is 13.0 Å². The smallest absolute Gasteiger partial charge is 0.224 e. The maximum Gasteiger partial charge on any atom is 0.224 e. The quantitative estimate of drug-likeness (QED) is 0.674. The van der Waals surface area contributed by atoms with Crippen molar-refractivity contribution in [3.63, 3.8) is 0 Å². The molecule has 0 aliphatic heterocycles. The third-order valence-corrected chi connectivity index (χ3v) is 3.47. The van der Waals surface area contributed by atoms with Crippen LogP contribution in [0.25, 0.3) is 0 Å². The SMILES string of the molecule is CCOc1ccc(CC(=O)NCCCN(CC)CC)cc1. The fourth-order valence-corrected chi connectivity index (χ4v) is 2.19.